The summed E-state index contributed by atoms with van der Waals surface area (Å²) >= 11 is 0. The molecule has 0 N–H and O–H groups in total. The number of hydrogen-bond acceptors (Lipinski definition) is 3. The van der Waals surface area contributed by atoms with Crippen LogP contribution in [0.15, 0.2) is 18.2 Å². The zero-order valence-corrected chi connectivity index (χ0v) is 11.3. The molecule has 3 nitrogen and oxygen atoms in total. The highest BCUT2D eigenvalue weighted by molar-refractivity contribution is 5.74. The smallest absolute Gasteiger partial charge is 0.417 e. The average molecular weight is 285 g/mol. The molecule has 1 rings (SSSR count). The number of nitrogens with zero attached hydrogens (tertiary/aromatic N) is 1. The molecule has 108 valence electrons. The van der Waals surface area contributed by atoms with E-state index >= 15 is 0 Å². The number of carbonyl (C=O) groups is 1. The Balaban J connectivity index is 3.14. The minimum Gasteiger partial charge on any atom is -0.460 e. The van der Waals surface area contributed by atoms with Crippen molar-refractivity contribution in [2.75, 3.05) is 0 Å². The van der Waals surface area contributed by atoms with Crippen molar-refractivity contribution < 1.29 is 22.7 Å². The number of ether oxygens (including phenoxy) is 1. The molecular weight excluding hydrogens is 271 g/mol. The van der Waals surface area contributed by atoms with Crippen LogP contribution >= 0.6 is 0 Å². The fraction of sp³-hybridized carbons (Fsp3) is 0.429. The van der Waals surface area contributed by atoms with Crippen molar-refractivity contribution in [2.24, 2.45) is 0 Å². The number of hydrogen-bond donors (Lipinski definition) is 0. The summed E-state index contributed by atoms with van der Waals surface area (Å²) in [6.07, 6.45) is -5.22. The van der Waals surface area contributed by atoms with Crippen LogP contribution in [-0.4, -0.2) is 11.6 Å². The van der Waals surface area contributed by atoms with E-state index < -0.39 is 35.3 Å². The second-order valence-electron chi connectivity index (χ2n) is 5.21. The topological polar surface area (TPSA) is 50.1 Å². The summed E-state index contributed by atoms with van der Waals surface area (Å²) in [7, 11) is 0. The Bertz CT molecular complexity index is 551. The van der Waals surface area contributed by atoms with Crippen molar-refractivity contribution in [1.82, 2.24) is 0 Å². The largest absolute Gasteiger partial charge is 0.460 e. The van der Waals surface area contributed by atoms with E-state index in [0.29, 0.717) is 0 Å². The number of halogens is 3. The van der Waals surface area contributed by atoms with Crippen LogP contribution in [0.1, 0.15) is 37.5 Å². The van der Waals surface area contributed by atoms with Gasteiger partial charge in [0.2, 0.25) is 0 Å². The minimum absolute atomic E-state index is 0.259. The third kappa shape index (κ3) is 4.26. The van der Waals surface area contributed by atoms with E-state index in [-0.39, 0.29) is 5.56 Å². The van der Waals surface area contributed by atoms with Crippen LogP contribution in [0.2, 0.25) is 0 Å². The van der Waals surface area contributed by atoms with Crippen LogP contribution < -0.4 is 0 Å². The van der Waals surface area contributed by atoms with Crippen molar-refractivity contribution in [3.05, 3.63) is 34.9 Å². The molecule has 0 fully saturated rings. The summed E-state index contributed by atoms with van der Waals surface area (Å²) in [6, 6.07) is 5.05. The Labute approximate surface area is 115 Å². The molecule has 0 radical (unpaired) electrons. The normalized spacial score (nSPS) is 11.8. The van der Waals surface area contributed by atoms with Crippen LogP contribution in [0.5, 0.6) is 0 Å². The average Bonchev–Trinajstić information content (AvgIpc) is 2.24. The monoisotopic (exact) mass is 285 g/mol. The first-order chi connectivity index (χ1) is 9.04. The molecule has 0 saturated heterocycles. The molecular formula is C14H14F3NO2. The quantitative estimate of drug-likeness (QED) is 0.782. The first-order valence-corrected chi connectivity index (χ1v) is 5.85. The number of benzene rings is 1. The van der Waals surface area contributed by atoms with Gasteiger partial charge in [-0.25, -0.2) is 0 Å². The lowest BCUT2D eigenvalue weighted by Gasteiger charge is -2.20. The molecule has 0 bridgehead atoms. The zero-order chi connectivity index (χ0) is 15.6. The molecule has 0 saturated carbocycles. The summed E-state index contributed by atoms with van der Waals surface area (Å²) in [4.78, 5) is 11.6. The molecule has 0 aliphatic rings. The van der Waals surface area contributed by atoms with Gasteiger partial charge in [0.1, 0.15) is 5.60 Å². The molecule has 6 heteroatoms. The minimum atomic E-state index is -4.69. The lowest BCUT2D eigenvalue weighted by molar-refractivity contribution is -0.154. The van der Waals surface area contributed by atoms with E-state index in [2.05, 4.69) is 0 Å². The maximum atomic E-state index is 13.0. The summed E-state index contributed by atoms with van der Waals surface area (Å²) in [5, 5.41) is 8.76. The number of nitriles is 1. The number of carbonyl (C=O) groups excluding carboxylic acids is 1. The van der Waals surface area contributed by atoms with Crippen LogP contribution in [0, 0.1) is 11.3 Å². The lowest BCUT2D eigenvalue weighted by Crippen LogP contribution is -2.25. The van der Waals surface area contributed by atoms with E-state index in [1.807, 2.05) is 0 Å². The molecule has 1 aromatic rings. The number of rotatable bonds is 2. The summed E-state index contributed by atoms with van der Waals surface area (Å²) < 4.78 is 43.9. The summed E-state index contributed by atoms with van der Waals surface area (Å²) in [5.74, 6) is -0.766. The Morgan fingerprint density at radius 2 is 1.90 bits per heavy atom. The Kier molecular flexibility index (Phi) is 4.43. The van der Waals surface area contributed by atoms with Gasteiger partial charge in [-0.05, 0) is 32.4 Å². The predicted molar refractivity (Wildman–Crippen MR) is 65.7 cm³/mol. The summed E-state index contributed by atoms with van der Waals surface area (Å²) in [6.45, 7) is 4.88. The third-order valence-corrected chi connectivity index (χ3v) is 2.31. The van der Waals surface area contributed by atoms with Gasteiger partial charge >= 0.3 is 12.1 Å². The molecule has 0 unspecified atom stereocenters. The van der Waals surface area contributed by atoms with Gasteiger partial charge < -0.3 is 4.74 Å². The molecule has 20 heavy (non-hydrogen) atoms. The molecule has 0 spiro atoms. The maximum Gasteiger partial charge on any atom is 0.417 e. The van der Waals surface area contributed by atoms with Gasteiger partial charge in [-0.3, -0.25) is 4.79 Å². The standard InChI is InChI=1S/C14H14F3NO2/c1-13(2,3)20-11(19)7-9-5-4-6-10(8-18)12(9)14(15,16)17/h4-6H,7H2,1-3H3. The second kappa shape index (κ2) is 5.53. The van der Waals surface area contributed by atoms with Crippen LogP contribution in [-0.2, 0) is 22.1 Å². The summed E-state index contributed by atoms with van der Waals surface area (Å²) in [5.41, 5.74) is -2.61. The lowest BCUT2D eigenvalue weighted by atomic mass is 9.99. The Morgan fingerprint density at radius 1 is 1.30 bits per heavy atom. The fourth-order valence-electron chi connectivity index (χ4n) is 1.71. The highest BCUT2D eigenvalue weighted by Gasteiger charge is 2.36. The van der Waals surface area contributed by atoms with Crippen molar-refractivity contribution in [1.29, 1.82) is 5.26 Å². The van der Waals surface area contributed by atoms with Gasteiger partial charge in [0.05, 0.1) is 23.6 Å². The van der Waals surface area contributed by atoms with Gasteiger partial charge in [-0.1, -0.05) is 12.1 Å². The van der Waals surface area contributed by atoms with Crippen LogP contribution in [0.25, 0.3) is 0 Å². The number of alkyl halides is 3. The van der Waals surface area contributed by atoms with Crippen molar-refractivity contribution in [3.63, 3.8) is 0 Å². The molecule has 0 aliphatic carbocycles. The van der Waals surface area contributed by atoms with E-state index in [0.717, 1.165) is 6.07 Å². The highest BCUT2D eigenvalue weighted by atomic mass is 19.4. The van der Waals surface area contributed by atoms with E-state index in [1.54, 1.807) is 20.8 Å². The van der Waals surface area contributed by atoms with Crippen molar-refractivity contribution >= 4 is 5.97 Å². The molecule has 0 atom stereocenters. The fourth-order valence-corrected chi connectivity index (χ4v) is 1.71. The second-order valence-corrected chi connectivity index (χ2v) is 5.21. The van der Waals surface area contributed by atoms with Gasteiger partial charge in [0, 0.05) is 0 Å². The molecule has 0 heterocycles. The zero-order valence-electron chi connectivity index (χ0n) is 11.3. The molecule has 1 aromatic carbocycles. The predicted octanol–water partition coefficient (Wildman–Crippen LogP) is 3.46. The molecule has 0 aromatic heterocycles. The van der Waals surface area contributed by atoms with Crippen molar-refractivity contribution in [2.45, 2.75) is 39.0 Å². The van der Waals surface area contributed by atoms with Gasteiger partial charge in [0.25, 0.3) is 0 Å². The van der Waals surface area contributed by atoms with Gasteiger partial charge in [0.15, 0.2) is 0 Å². The Hall–Kier alpha value is -2.03. The van der Waals surface area contributed by atoms with Gasteiger partial charge in [-0.15, -0.1) is 0 Å². The third-order valence-electron chi connectivity index (χ3n) is 2.31. The van der Waals surface area contributed by atoms with Crippen LogP contribution in [0.4, 0.5) is 13.2 Å². The Morgan fingerprint density at radius 3 is 2.35 bits per heavy atom. The maximum absolute atomic E-state index is 13.0. The highest BCUT2D eigenvalue weighted by Crippen LogP contribution is 2.35. The first kappa shape index (κ1) is 16.0. The van der Waals surface area contributed by atoms with Gasteiger partial charge in [-0.2, -0.15) is 18.4 Å². The number of esters is 1. The van der Waals surface area contributed by atoms with Crippen molar-refractivity contribution in [3.8, 4) is 6.07 Å². The SMILES string of the molecule is CC(C)(C)OC(=O)Cc1cccc(C#N)c1C(F)(F)F. The van der Waals surface area contributed by atoms with E-state index in [1.165, 1.54) is 18.2 Å². The first-order valence-electron chi connectivity index (χ1n) is 5.85. The van der Waals surface area contributed by atoms with E-state index in [9.17, 15) is 18.0 Å². The van der Waals surface area contributed by atoms with E-state index in [4.69, 9.17) is 10.00 Å². The molecule has 0 aliphatic heterocycles. The van der Waals surface area contributed by atoms with Crippen LogP contribution in [0.3, 0.4) is 0 Å². The molecule has 0 amide bonds.